The number of hydrogen-bond acceptors (Lipinski definition) is 2. The maximum absolute atomic E-state index is 8.51. The van der Waals surface area contributed by atoms with Gasteiger partial charge in [0, 0.05) is 0 Å². The molecule has 0 unspecified atom stereocenters. The van der Waals surface area contributed by atoms with E-state index in [4.69, 9.17) is 10.0 Å². The van der Waals surface area contributed by atoms with Gasteiger partial charge >= 0.3 is 7.12 Å². The van der Waals surface area contributed by atoms with E-state index in [1.165, 1.54) is 5.98 Å². The first-order chi connectivity index (χ1) is 5.02. The molecule has 0 fully saturated rings. The Morgan fingerprint density at radius 2 is 2.09 bits per heavy atom. The zero-order chi connectivity index (χ0) is 8.85. The Balaban J connectivity index is 3.68. The van der Waals surface area contributed by atoms with Crippen LogP contribution < -0.4 is 0 Å². The van der Waals surface area contributed by atoms with Gasteiger partial charge in [0.2, 0.25) is 0 Å². The number of hydrogen-bond donors (Lipinski definition) is 2. The zero-order valence-electron chi connectivity index (χ0n) is 6.55. The maximum Gasteiger partial charge on any atom is 0.481 e. The first kappa shape index (κ1) is 10.9. The summed E-state index contributed by atoms with van der Waals surface area (Å²) in [5.41, 5.74) is 1.09. The molecular formula is C7H12BBrO2. The lowest BCUT2D eigenvalue weighted by Crippen LogP contribution is -2.06. The lowest BCUT2D eigenvalue weighted by molar-refractivity contribution is 0.424. The summed E-state index contributed by atoms with van der Waals surface area (Å²) in [6.07, 6.45) is 1.64. The second kappa shape index (κ2) is 5.58. The van der Waals surface area contributed by atoms with Gasteiger partial charge < -0.3 is 10.0 Å². The highest BCUT2D eigenvalue weighted by molar-refractivity contribution is 9.11. The summed E-state index contributed by atoms with van der Waals surface area (Å²) in [6.45, 7) is 5.67. The van der Waals surface area contributed by atoms with Crippen molar-refractivity contribution in [3.05, 3.63) is 22.6 Å². The third kappa shape index (κ3) is 7.85. The molecule has 0 rings (SSSR count). The van der Waals surface area contributed by atoms with E-state index < -0.39 is 7.12 Å². The van der Waals surface area contributed by atoms with E-state index in [-0.39, 0.29) is 0 Å². The normalized spacial score (nSPS) is 11.5. The fourth-order valence-corrected chi connectivity index (χ4v) is 1.01. The predicted molar refractivity (Wildman–Crippen MR) is 51.2 cm³/mol. The zero-order valence-corrected chi connectivity index (χ0v) is 8.13. The first-order valence-corrected chi connectivity index (χ1v) is 4.18. The molecule has 2 N–H and O–H groups in total. The molecule has 0 aliphatic carbocycles. The highest BCUT2D eigenvalue weighted by atomic mass is 79.9. The Labute approximate surface area is 75.9 Å². The molecular weight excluding hydrogens is 207 g/mol. The predicted octanol–water partition coefficient (Wildman–Crippen LogP) is 1.63. The average molecular weight is 219 g/mol. The number of allylic oxidation sites excluding steroid dienone is 2. The summed E-state index contributed by atoms with van der Waals surface area (Å²) >= 11 is 3.21. The second-order valence-corrected chi connectivity index (χ2v) is 3.50. The minimum Gasteiger partial charge on any atom is -0.424 e. The molecule has 0 heterocycles. The second-order valence-electron chi connectivity index (χ2n) is 2.48. The largest absolute Gasteiger partial charge is 0.481 e. The van der Waals surface area contributed by atoms with Gasteiger partial charge in [-0.3, -0.25) is 0 Å². The molecule has 11 heavy (non-hydrogen) atoms. The molecule has 2 nitrogen and oxygen atoms in total. The molecule has 0 aromatic heterocycles. The Kier molecular flexibility index (Phi) is 5.55. The summed E-state index contributed by atoms with van der Waals surface area (Å²) in [4.78, 5) is 0. The van der Waals surface area contributed by atoms with E-state index in [0.29, 0.717) is 0 Å². The monoisotopic (exact) mass is 218 g/mol. The SMILES string of the molecule is C=C(C)CC/C(Br)=C/B(O)O. The standard InChI is InChI=1S/C7H12BBrO2/c1-6(2)3-4-7(9)5-8(10)11/h5,10-11H,1,3-4H2,2H3/b7-5-. The van der Waals surface area contributed by atoms with Gasteiger partial charge in [0.1, 0.15) is 0 Å². The van der Waals surface area contributed by atoms with Gasteiger partial charge in [-0.15, -0.1) is 6.58 Å². The molecule has 0 radical (unpaired) electrons. The molecule has 0 aliphatic heterocycles. The van der Waals surface area contributed by atoms with Gasteiger partial charge in [0.05, 0.1) is 0 Å². The molecule has 0 amide bonds. The van der Waals surface area contributed by atoms with Crippen LogP contribution in [0.2, 0.25) is 0 Å². The third-order valence-corrected chi connectivity index (χ3v) is 1.78. The Bertz CT molecular complexity index is 166. The van der Waals surface area contributed by atoms with Crippen LogP contribution >= 0.6 is 15.9 Å². The van der Waals surface area contributed by atoms with Crippen molar-refractivity contribution >= 4 is 23.0 Å². The van der Waals surface area contributed by atoms with E-state index in [9.17, 15) is 0 Å². The van der Waals surface area contributed by atoms with Crippen LogP contribution in [-0.2, 0) is 0 Å². The van der Waals surface area contributed by atoms with Crippen molar-refractivity contribution < 1.29 is 10.0 Å². The van der Waals surface area contributed by atoms with E-state index in [1.807, 2.05) is 6.92 Å². The third-order valence-electron chi connectivity index (χ3n) is 1.12. The van der Waals surface area contributed by atoms with E-state index in [0.717, 1.165) is 22.9 Å². The van der Waals surface area contributed by atoms with Crippen LogP contribution in [0.15, 0.2) is 22.6 Å². The van der Waals surface area contributed by atoms with Crippen LogP contribution in [0.1, 0.15) is 19.8 Å². The summed E-state index contributed by atoms with van der Waals surface area (Å²) in [6, 6.07) is 0. The Hall–Kier alpha value is -0.0551. The molecule has 0 aromatic rings. The van der Waals surface area contributed by atoms with Crippen LogP contribution in [-0.4, -0.2) is 17.2 Å². The molecule has 0 aliphatic rings. The van der Waals surface area contributed by atoms with Crippen LogP contribution in [0, 0.1) is 0 Å². The first-order valence-electron chi connectivity index (χ1n) is 3.39. The van der Waals surface area contributed by atoms with E-state index in [1.54, 1.807) is 0 Å². The Morgan fingerprint density at radius 1 is 1.55 bits per heavy atom. The van der Waals surface area contributed by atoms with Crippen molar-refractivity contribution in [2.75, 3.05) is 0 Å². The number of halogens is 1. The maximum atomic E-state index is 8.51. The summed E-state index contributed by atoms with van der Waals surface area (Å²) in [7, 11) is -1.37. The summed E-state index contributed by atoms with van der Waals surface area (Å²) in [5, 5.41) is 17.0. The Morgan fingerprint density at radius 3 is 2.45 bits per heavy atom. The highest BCUT2D eigenvalue weighted by Crippen LogP contribution is 2.15. The van der Waals surface area contributed by atoms with Crippen LogP contribution in [0.4, 0.5) is 0 Å². The highest BCUT2D eigenvalue weighted by Gasteiger charge is 2.02. The molecule has 0 bridgehead atoms. The molecule has 0 saturated carbocycles. The van der Waals surface area contributed by atoms with Crippen molar-refractivity contribution in [2.45, 2.75) is 19.8 Å². The lowest BCUT2D eigenvalue weighted by atomic mass is 9.91. The van der Waals surface area contributed by atoms with E-state index >= 15 is 0 Å². The van der Waals surface area contributed by atoms with Crippen molar-refractivity contribution in [1.82, 2.24) is 0 Å². The van der Waals surface area contributed by atoms with Crippen molar-refractivity contribution in [1.29, 1.82) is 0 Å². The number of rotatable bonds is 4. The van der Waals surface area contributed by atoms with Crippen molar-refractivity contribution in [2.24, 2.45) is 0 Å². The van der Waals surface area contributed by atoms with Crippen LogP contribution in [0.5, 0.6) is 0 Å². The molecule has 4 heteroatoms. The topological polar surface area (TPSA) is 40.5 Å². The fourth-order valence-electron chi connectivity index (χ4n) is 0.578. The van der Waals surface area contributed by atoms with Crippen molar-refractivity contribution in [3.8, 4) is 0 Å². The van der Waals surface area contributed by atoms with Gasteiger partial charge in [0.15, 0.2) is 0 Å². The lowest BCUT2D eigenvalue weighted by Gasteiger charge is -1.98. The summed E-state index contributed by atoms with van der Waals surface area (Å²) in [5.74, 6) is 1.35. The van der Waals surface area contributed by atoms with Crippen LogP contribution in [0.25, 0.3) is 0 Å². The van der Waals surface area contributed by atoms with Gasteiger partial charge in [-0.1, -0.05) is 21.5 Å². The van der Waals surface area contributed by atoms with E-state index in [2.05, 4.69) is 22.5 Å². The minimum absolute atomic E-state index is 0.771. The van der Waals surface area contributed by atoms with Gasteiger partial charge in [-0.25, -0.2) is 0 Å². The quantitative estimate of drug-likeness (QED) is 0.557. The van der Waals surface area contributed by atoms with Gasteiger partial charge in [-0.2, -0.15) is 0 Å². The van der Waals surface area contributed by atoms with Crippen molar-refractivity contribution in [3.63, 3.8) is 0 Å². The molecule has 0 spiro atoms. The molecule has 0 saturated heterocycles. The van der Waals surface area contributed by atoms with Gasteiger partial charge in [0.25, 0.3) is 0 Å². The molecule has 62 valence electrons. The molecule has 0 atom stereocenters. The molecule has 0 aromatic carbocycles. The minimum atomic E-state index is -1.37. The van der Waals surface area contributed by atoms with Crippen LogP contribution in [0.3, 0.4) is 0 Å². The average Bonchev–Trinajstić information content (AvgIpc) is 1.82. The van der Waals surface area contributed by atoms with Gasteiger partial charge in [-0.05, 0) is 30.2 Å². The summed E-state index contributed by atoms with van der Waals surface area (Å²) < 4.78 is 0.801. The smallest absolute Gasteiger partial charge is 0.424 e. The fraction of sp³-hybridized carbons (Fsp3) is 0.429.